The van der Waals surface area contributed by atoms with E-state index in [1.54, 1.807) is 44.7 Å². The van der Waals surface area contributed by atoms with Crippen molar-refractivity contribution in [3.05, 3.63) is 47.7 Å². The molecular formula is C15H18N2O3. The molecule has 20 heavy (non-hydrogen) atoms. The fraction of sp³-hybridized carbons (Fsp3) is 0.267. The van der Waals surface area contributed by atoms with E-state index < -0.39 is 6.10 Å². The molecule has 0 spiro atoms. The summed E-state index contributed by atoms with van der Waals surface area (Å²) in [6.45, 7) is 0. The zero-order valence-corrected chi connectivity index (χ0v) is 11.5. The zero-order valence-electron chi connectivity index (χ0n) is 11.5. The van der Waals surface area contributed by atoms with Crippen molar-refractivity contribution in [1.29, 1.82) is 0 Å². The van der Waals surface area contributed by atoms with Gasteiger partial charge in [0.25, 0.3) is 0 Å². The van der Waals surface area contributed by atoms with Crippen molar-refractivity contribution in [2.24, 2.45) is 0 Å². The van der Waals surface area contributed by atoms with Gasteiger partial charge < -0.3 is 20.3 Å². The van der Waals surface area contributed by atoms with Crippen LogP contribution in [0.25, 0.3) is 0 Å². The van der Waals surface area contributed by atoms with Gasteiger partial charge in [0.1, 0.15) is 17.3 Å². The molecule has 106 valence electrons. The highest BCUT2D eigenvalue weighted by Gasteiger charge is 2.12. The number of aliphatic hydroxyl groups excluding tert-OH is 1. The molecular weight excluding hydrogens is 256 g/mol. The number of pyridine rings is 1. The molecule has 0 aliphatic carbocycles. The first-order valence-electron chi connectivity index (χ1n) is 6.24. The van der Waals surface area contributed by atoms with Gasteiger partial charge in [-0.2, -0.15) is 0 Å². The van der Waals surface area contributed by atoms with Gasteiger partial charge in [-0.1, -0.05) is 0 Å². The number of benzene rings is 1. The van der Waals surface area contributed by atoms with Crippen LogP contribution in [-0.2, 0) is 6.42 Å². The summed E-state index contributed by atoms with van der Waals surface area (Å²) in [5.41, 5.74) is 7.29. The predicted molar refractivity (Wildman–Crippen MR) is 76.9 cm³/mol. The number of aliphatic hydroxyl groups is 1. The number of rotatable bonds is 5. The van der Waals surface area contributed by atoms with E-state index in [1.807, 2.05) is 6.07 Å². The zero-order chi connectivity index (χ0) is 14.5. The summed E-state index contributed by atoms with van der Waals surface area (Å²) in [5, 5.41) is 10.3. The van der Waals surface area contributed by atoms with E-state index in [0.29, 0.717) is 23.7 Å². The van der Waals surface area contributed by atoms with Crippen molar-refractivity contribution in [3.63, 3.8) is 0 Å². The fourth-order valence-electron chi connectivity index (χ4n) is 1.98. The number of nitrogens with two attached hydrogens (primary N) is 1. The van der Waals surface area contributed by atoms with E-state index in [4.69, 9.17) is 15.2 Å². The minimum Gasteiger partial charge on any atom is -0.497 e. The first kappa shape index (κ1) is 14.1. The van der Waals surface area contributed by atoms with Crippen molar-refractivity contribution in [2.45, 2.75) is 12.5 Å². The van der Waals surface area contributed by atoms with Gasteiger partial charge in [0.05, 0.1) is 20.3 Å². The highest BCUT2D eigenvalue weighted by Crippen LogP contribution is 2.28. The number of hydrogen-bond donors (Lipinski definition) is 2. The first-order valence-corrected chi connectivity index (χ1v) is 6.24. The van der Waals surface area contributed by atoms with Gasteiger partial charge >= 0.3 is 0 Å². The average Bonchev–Trinajstić information content (AvgIpc) is 2.46. The first-order chi connectivity index (χ1) is 9.62. The Morgan fingerprint density at radius 3 is 2.35 bits per heavy atom. The molecule has 1 heterocycles. The maximum Gasteiger partial charge on any atom is 0.123 e. The van der Waals surface area contributed by atoms with Gasteiger partial charge in [0.15, 0.2) is 0 Å². The van der Waals surface area contributed by atoms with Gasteiger partial charge in [0, 0.05) is 18.7 Å². The molecule has 0 aliphatic rings. The van der Waals surface area contributed by atoms with Crippen molar-refractivity contribution < 1.29 is 14.6 Å². The minimum absolute atomic E-state index is 0.443. The number of aromatic nitrogens is 1. The quantitative estimate of drug-likeness (QED) is 0.871. The van der Waals surface area contributed by atoms with Gasteiger partial charge in [0.2, 0.25) is 0 Å². The van der Waals surface area contributed by atoms with Crippen LogP contribution in [0.5, 0.6) is 11.5 Å². The lowest BCUT2D eigenvalue weighted by molar-refractivity contribution is 0.177. The third-order valence-corrected chi connectivity index (χ3v) is 3.03. The van der Waals surface area contributed by atoms with Crippen LogP contribution in [0.2, 0.25) is 0 Å². The predicted octanol–water partition coefficient (Wildman–Crippen LogP) is 1.96. The average molecular weight is 274 g/mol. The van der Waals surface area contributed by atoms with E-state index in [9.17, 15) is 5.11 Å². The Balaban J connectivity index is 2.22. The lowest BCUT2D eigenvalue weighted by atomic mass is 10.0. The molecule has 3 N–H and O–H groups in total. The number of nitrogen functional groups attached to an aromatic ring is 1. The number of methoxy groups -OCH3 is 2. The molecule has 1 unspecified atom stereocenters. The van der Waals surface area contributed by atoms with E-state index >= 15 is 0 Å². The van der Waals surface area contributed by atoms with Crippen LogP contribution in [0.1, 0.15) is 17.2 Å². The molecule has 0 aliphatic heterocycles. The van der Waals surface area contributed by atoms with Crippen LogP contribution in [0.15, 0.2) is 36.5 Å². The molecule has 1 aromatic carbocycles. The van der Waals surface area contributed by atoms with E-state index in [2.05, 4.69) is 4.98 Å². The van der Waals surface area contributed by atoms with Crippen LogP contribution in [0, 0.1) is 0 Å². The summed E-state index contributed by atoms with van der Waals surface area (Å²) in [5.74, 6) is 1.73. The summed E-state index contributed by atoms with van der Waals surface area (Å²) in [7, 11) is 3.16. The van der Waals surface area contributed by atoms with Crippen LogP contribution in [0.4, 0.5) is 5.82 Å². The Labute approximate surface area is 118 Å². The number of ether oxygens (including phenoxy) is 2. The summed E-state index contributed by atoms with van der Waals surface area (Å²) in [6.07, 6.45) is 1.41. The van der Waals surface area contributed by atoms with Crippen LogP contribution >= 0.6 is 0 Å². The maximum atomic E-state index is 10.3. The molecule has 0 fully saturated rings. The summed E-state index contributed by atoms with van der Waals surface area (Å²) in [4.78, 5) is 3.93. The Hall–Kier alpha value is -2.27. The van der Waals surface area contributed by atoms with E-state index in [1.165, 1.54) is 0 Å². The van der Waals surface area contributed by atoms with Crippen molar-refractivity contribution in [2.75, 3.05) is 20.0 Å². The van der Waals surface area contributed by atoms with Crippen molar-refractivity contribution in [1.82, 2.24) is 4.98 Å². The van der Waals surface area contributed by atoms with Gasteiger partial charge in [-0.3, -0.25) is 0 Å². The molecule has 0 bridgehead atoms. The molecule has 0 radical (unpaired) electrons. The largest absolute Gasteiger partial charge is 0.497 e. The lowest BCUT2D eigenvalue weighted by Gasteiger charge is -2.14. The Bertz CT molecular complexity index is 565. The second-order valence-electron chi connectivity index (χ2n) is 4.45. The molecule has 0 amide bonds. The molecule has 0 saturated carbocycles. The fourth-order valence-corrected chi connectivity index (χ4v) is 1.98. The van der Waals surface area contributed by atoms with Crippen molar-refractivity contribution in [3.8, 4) is 11.5 Å². The lowest BCUT2D eigenvalue weighted by Crippen LogP contribution is -2.04. The maximum absolute atomic E-state index is 10.3. The second-order valence-corrected chi connectivity index (χ2v) is 4.45. The third kappa shape index (κ3) is 3.39. The Kier molecular flexibility index (Phi) is 4.42. The van der Waals surface area contributed by atoms with Crippen LogP contribution in [0.3, 0.4) is 0 Å². The number of hydrogen-bond acceptors (Lipinski definition) is 5. The number of anilines is 1. The minimum atomic E-state index is -0.666. The van der Waals surface area contributed by atoms with E-state index in [-0.39, 0.29) is 0 Å². The Morgan fingerprint density at radius 1 is 1.15 bits per heavy atom. The summed E-state index contributed by atoms with van der Waals surface area (Å²) < 4.78 is 10.4. The van der Waals surface area contributed by atoms with Gasteiger partial charge in [-0.15, -0.1) is 0 Å². The SMILES string of the molecule is COc1cc(OC)cc(C(O)Cc2ccnc(N)c2)c1. The molecule has 0 saturated heterocycles. The molecule has 1 atom stereocenters. The topological polar surface area (TPSA) is 77.6 Å². The van der Waals surface area contributed by atoms with Gasteiger partial charge in [-0.05, 0) is 35.4 Å². The second kappa shape index (κ2) is 6.25. The van der Waals surface area contributed by atoms with Crippen LogP contribution < -0.4 is 15.2 Å². The molecule has 2 aromatic rings. The summed E-state index contributed by atoms with van der Waals surface area (Å²) >= 11 is 0. The monoisotopic (exact) mass is 274 g/mol. The molecule has 5 nitrogen and oxygen atoms in total. The number of nitrogens with zero attached hydrogens (tertiary/aromatic N) is 1. The summed E-state index contributed by atoms with van der Waals surface area (Å²) in [6, 6.07) is 8.92. The third-order valence-electron chi connectivity index (χ3n) is 3.03. The molecule has 2 rings (SSSR count). The Morgan fingerprint density at radius 2 is 1.80 bits per heavy atom. The van der Waals surface area contributed by atoms with E-state index in [0.717, 1.165) is 11.1 Å². The molecule has 5 heteroatoms. The van der Waals surface area contributed by atoms with Gasteiger partial charge in [-0.25, -0.2) is 4.98 Å². The smallest absolute Gasteiger partial charge is 0.123 e. The standard InChI is InChI=1S/C15H18N2O3/c1-19-12-7-11(8-13(9-12)20-2)14(18)5-10-3-4-17-15(16)6-10/h3-4,6-9,14,18H,5H2,1-2H3,(H2,16,17). The highest BCUT2D eigenvalue weighted by atomic mass is 16.5. The van der Waals surface area contributed by atoms with Crippen LogP contribution in [-0.4, -0.2) is 24.3 Å². The normalized spacial score (nSPS) is 11.9. The molecule has 1 aromatic heterocycles. The van der Waals surface area contributed by atoms with Crippen molar-refractivity contribution >= 4 is 5.82 Å². The highest BCUT2D eigenvalue weighted by molar-refractivity contribution is 5.40.